The van der Waals surface area contributed by atoms with Gasteiger partial charge in [0.25, 0.3) is 0 Å². The van der Waals surface area contributed by atoms with Crippen LogP contribution in [0.5, 0.6) is 11.5 Å². The van der Waals surface area contributed by atoms with E-state index in [4.69, 9.17) is 4.74 Å². The highest BCUT2D eigenvalue weighted by atomic mass is 16.5. The first-order valence-corrected chi connectivity index (χ1v) is 7.34. The van der Waals surface area contributed by atoms with E-state index < -0.39 is 0 Å². The predicted molar refractivity (Wildman–Crippen MR) is 84.0 cm³/mol. The molecule has 3 heteroatoms. The van der Waals surface area contributed by atoms with E-state index in [1.807, 2.05) is 42.5 Å². The van der Waals surface area contributed by atoms with E-state index in [2.05, 4.69) is 24.0 Å². The number of ether oxygens (including phenoxy) is 1. The third kappa shape index (κ3) is 3.24. The zero-order valence-corrected chi connectivity index (χ0v) is 12.2. The van der Waals surface area contributed by atoms with Crippen molar-refractivity contribution in [2.24, 2.45) is 0 Å². The Morgan fingerprint density at radius 1 is 1.00 bits per heavy atom. The van der Waals surface area contributed by atoms with Crippen molar-refractivity contribution < 1.29 is 9.53 Å². The van der Waals surface area contributed by atoms with Gasteiger partial charge in [-0.2, -0.15) is 0 Å². The molecule has 0 amide bonds. The summed E-state index contributed by atoms with van der Waals surface area (Å²) in [7, 11) is 0. The second-order valence-electron chi connectivity index (χ2n) is 5.44. The van der Waals surface area contributed by atoms with Crippen molar-refractivity contribution in [3.63, 3.8) is 0 Å². The third-order valence-corrected chi connectivity index (χ3v) is 3.83. The van der Waals surface area contributed by atoms with Crippen molar-refractivity contribution in [3.8, 4) is 11.5 Å². The summed E-state index contributed by atoms with van der Waals surface area (Å²) in [6.07, 6.45) is 1.29. The Balaban J connectivity index is 1.71. The van der Waals surface area contributed by atoms with Crippen LogP contribution < -0.4 is 9.64 Å². The first-order chi connectivity index (χ1) is 10.2. The van der Waals surface area contributed by atoms with Gasteiger partial charge in [-0.05, 0) is 43.3 Å². The van der Waals surface area contributed by atoms with Crippen LogP contribution in [0.15, 0.2) is 54.6 Å². The van der Waals surface area contributed by atoms with Crippen LogP contribution in [0, 0.1) is 0 Å². The van der Waals surface area contributed by atoms with E-state index in [-0.39, 0.29) is 6.04 Å². The number of nitrogens with zero attached hydrogens (tertiary/aromatic N) is 1. The van der Waals surface area contributed by atoms with Gasteiger partial charge in [0.05, 0.1) is 0 Å². The van der Waals surface area contributed by atoms with E-state index >= 15 is 0 Å². The van der Waals surface area contributed by atoms with Gasteiger partial charge in [0.1, 0.15) is 17.3 Å². The second-order valence-corrected chi connectivity index (χ2v) is 5.44. The molecule has 1 saturated heterocycles. The van der Waals surface area contributed by atoms with Gasteiger partial charge in [0.15, 0.2) is 0 Å². The van der Waals surface area contributed by atoms with Crippen molar-refractivity contribution in [1.82, 2.24) is 0 Å². The number of anilines is 1. The molecule has 0 aromatic heterocycles. The van der Waals surface area contributed by atoms with Crippen molar-refractivity contribution in [2.45, 2.75) is 25.8 Å². The van der Waals surface area contributed by atoms with E-state index in [1.165, 1.54) is 0 Å². The lowest BCUT2D eigenvalue weighted by Gasteiger charge is -2.34. The Kier molecular flexibility index (Phi) is 3.91. The highest BCUT2D eigenvalue weighted by Crippen LogP contribution is 2.27. The first-order valence-electron chi connectivity index (χ1n) is 7.34. The molecule has 21 heavy (non-hydrogen) atoms. The number of rotatable bonds is 3. The van der Waals surface area contributed by atoms with E-state index in [0.717, 1.165) is 23.7 Å². The smallest absolute Gasteiger partial charge is 0.136 e. The Morgan fingerprint density at radius 3 is 2.33 bits per heavy atom. The normalized spacial score (nSPS) is 18.6. The average Bonchev–Trinajstić information content (AvgIpc) is 2.49. The number of benzene rings is 2. The summed E-state index contributed by atoms with van der Waals surface area (Å²) < 4.78 is 5.79. The molecule has 1 fully saturated rings. The fraction of sp³-hybridized carbons (Fsp3) is 0.278. The first kappa shape index (κ1) is 13.7. The van der Waals surface area contributed by atoms with Crippen LogP contribution >= 0.6 is 0 Å². The van der Waals surface area contributed by atoms with Crippen LogP contribution in [0.2, 0.25) is 0 Å². The molecule has 0 radical (unpaired) electrons. The van der Waals surface area contributed by atoms with Gasteiger partial charge in [-0.3, -0.25) is 4.79 Å². The van der Waals surface area contributed by atoms with Gasteiger partial charge < -0.3 is 9.64 Å². The quantitative estimate of drug-likeness (QED) is 0.850. The van der Waals surface area contributed by atoms with Crippen LogP contribution in [-0.4, -0.2) is 18.4 Å². The topological polar surface area (TPSA) is 29.5 Å². The van der Waals surface area contributed by atoms with Crippen LogP contribution in [0.1, 0.15) is 19.8 Å². The maximum Gasteiger partial charge on any atom is 0.136 e. The molecule has 3 rings (SSSR count). The molecule has 0 spiro atoms. The molecular formula is C18H19NO2. The fourth-order valence-electron chi connectivity index (χ4n) is 2.72. The summed E-state index contributed by atoms with van der Waals surface area (Å²) in [4.78, 5) is 13.7. The maximum absolute atomic E-state index is 11.5. The molecule has 0 N–H and O–H groups in total. The molecule has 108 valence electrons. The Bertz CT molecular complexity index is 607. The molecule has 0 saturated carbocycles. The summed E-state index contributed by atoms with van der Waals surface area (Å²) in [5.74, 6) is 2.02. The number of hydrogen-bond donors (Lipinski definition) is 0. The monoisotopic (exact) mass is 281 g/mol. The summed E-state index contributed by atoms with van der Waals surface area (Å²) in [5, 5.41) is 0. The average molecular weight is 281 g/mol. The molecule has 2 aromatic rings. The van der Waals surface area contributed by atoms with Crippen LogP contribution in [0.25, 0.3) is 0 Å². The summed E-state index contributed by atoms with van der Waals surface area (Å²) in [6, 6.07) is 18.1. The molecule has 1 atom stereocenters. The van der Waals surface area contributed by atoms with E-state index in [0.29, 0.717) is 18.6 Å². The maximum atomic E-state index is 11.5. The predicted octanol–water partition coefficient (Wildman–Crippen LogP) is 4.04. The van der Waals surface area contributed by atoms with Crippen molar-refractivity contribution in [2.75, 3.05) is 11.4 Å². The lowest BCUT2D eigenvalue weighted by Crippen LogP contribution is -2.41. The third-order valence-electron chi connectivity index (χ3n) is 3.83. The SMILES string of the molecule is CC1CC(=O)CCN1c1ccc(Oc2ccccc2)cc1. The van der Waals surface area contributed by atoms with Crippen molar-refractivity contribution in [1.29, 1.82) is 0 Å². The van der Waals surface area contributed by atoms with Gasteiger partial charge in [0, 0.05) is 31.1 Å². The largest absolute Gasteiger partial charge is 0.457 e. The number of ketones is 1. The highest BCUT2D eigenvalue weighted by Gasteiger charge is 2.23. The molecule has 1 heterocycles. The van der Waals surface area contributed by atoms with Gasteiger partial charge >= 0.3 is 0 Å². The van der Waals surface area contributed by atoms with Crippen molar-refractivity contribution >= 4 is 11.5 Å². The molecule has 1 aliphatic heterocycles. The lowest BCUT2D eigenvalue weighted by atomic mass is 10.0. The van der Waals surface area contributed by atoms with Gasteiger partial charge in [-0.1, -0.05) is 18.2 Å². The summed E-state index contributed by atoms with van der Waals surface area (Å²) in [5.41, 5.74) is 1.15. The van der Waals surface area contributed by atoms with Crippen molar-refractivity contribution in [3.05, 3.63) is 54.6 Å². The van der Waals surface area contributed by atoms with Crippen LogP contribution in [0.3, 0.4) is 0 Å². The number of hydrogen-bond acceptors (Lipinski definition) is 3. The van der Waals surface area contributed by atoms with Crippen LogP contribution in [-0.2, 0) is 4.79 Å². The van der Waals surface area contributed by atoms with E-state index in [9.17, 15) is 4.79 Å². The van der Waals surface area contributed by atoms with Gasteiger partial charge in [-0.15, -0.1) is 0 Å². The molecule has 1 aliphatic rings. The number of para-hydroxylation sites is 1. The molecular weight excluding hydrogens is 262 g/mol. The number of carbonyl (C=O) groups is 1. The number of carbonyl (C=O) groups excluding carboxylic acids is 1. The van der Waals surface area contributed by atoms with Gasteiger partial charge in [0.2, 0.25) is 0 Å². The summed E-state index contributed by atoms with van der Waals surface area (Å²) >= 11 is 0. The molecule has 0 bridgehead atoms. The Labute approximate surface area is 125 Å². The van der Waals surface area contributed by atoms with Crippen LogP contribution in [0.4, 0.5) is 5.69 Å². The summed E-state index contributed by atoms with van der Waals surface area (Å²) in [6.45, 7) is 2.91. The zero-order valence-electron chi connectivity index (χ0n) is 12.2. The Hall–Kier alpha value is -2.29. The minimum atomic E-state index is 0.271. The Morgan fingerprint density at radius 2 is 1.67 bits per heavy atom. The lowest BCUT2D eigenvalue weighted by molar-refractivity contribution is -0.120. The molecule has 0 aliphatic carbocycles. The number of piperidine rings is 1. The van der Waals surface area contributed by atoms with E-state index in [1.54, 1.807) is 0 Å². The highest BCUT2D eigenvalue weighted by molar-refractivity contribution is 5.81. The molecule has 3 nitrogen and oxygen atoms in total. The minimum Gasteiger partial charge on any atom is -0.457 e. The molecule has 2 aromatic carbocycles. The number of Topliss-reactive ketones (excluding diaryl/α,β-unsaturated/α-hetero) is 1. The molecule has 1 unspecified atom stereocenters. The minimum absolute atomic E-state index is 0.271. The second kappa shape index (κ2) is 6.00. The van der Waals surface area contributed by atoms with Gasteiger partial charge in [-0.25, -0.2) is 0 Å². The standard InChI is InChI=1S/C18H19NO2/c1-14-13-16(20)11-12-19(14)15-7-9-18(10-8-15)21-17-5-3-2-4-6-17/h2-10,14H,11-13H2,1H3. The fourth-order valence-corrected chi connectivity index (χ4v) is 2.72. The zero-order chi connectivity index (χ0) is 14.7.